The Hall–Kier alpha value is -3.23. The Morgan fingerprint density at radius 2 is 1.28 bits per heavy atom. The van der Waals surface area contributed by atoms with Crippen LogP contribution in [0.2, 0.25) is 0 Å². The maximum Gasteiger partial charge on any atom is 0.573 e. The standard InChI is InChI=1S/C37H41F7O2/c1-2-3-4-5-24-6-8-27(9-7-24)29-16-20-32(33(38)22-29)28-12-10-25(11-13-28)26-14-17-30(18-15-26)36(40,41)45-31-19-21-35(34(39)23-31)46-37(42,43)44/h6-9,16,19-23,25-26,28,30H,2-5,10-15,17-18H2,1H3. The molecule has 0 heterocycles. The summed E-state index contributed by atoms with van der Waals surface area (Å²) in [5, 5.41) is 0. The van der Waals surface area contributed by atoms with Gasteiger partial charge in [-0.05, 0) is 122 Å². The predicted octanol–water partition coefficient (Wildman–Crippen LogP) is 12.0. The first-order chi connectivity index (χ1) is 21.9. The Labute approximate surface area is 266 Å². The Bertz CT molecular complexity index is 1420. The van der Waals surface area contributed by atoms with E-state index in [2.05, 4.69) is 35.9 Å². The number of alkyl halides is 5. The molecular weight excluding hydrogens is 609 g/mol. The van der Waals surface area contributed by atoms with Crippen LogP contribution in [0.1, 0.15) is 94.6 Å². The molecule has 0 unspecified atom stereocenters. The third-order valence-electron chi connectivity index (χ3n) is 9.87. The number of ether oxygens (including phenoxy) is 2. The number of hydrogen-bond acceptors (Lipinski definition) is 2. The van der Waals surface area contributed by atoms with Crippen LogP contribution < -0.4 is 9.47 Å². The average molecular weight is 651 g/mol. The first-order valence-electron chi connectivity index (χ1n) is 16.4. The second kappa shape index (κ2) is 14.7. The van der Waals surface area contributed by atoms with Crippen LogP contribution in [0.25, 0.3) is 11.1 Å². The number of rotatable bonds is 11. The Morgan fingerprint density at radius 1 is 0.652 bits per heavy atom. The van der Waals surface area contributed by atoms with E-state index in [1.807, 2.05) is 12.1 Å². The summed E-state index contributed by atoms with van der Waals surface area (Å²) in [6.07, 6.45) is 1.13. The van der Waals surface area contributed by atoms with Crippen molar-refractivity contribution in [3.05, 3.63) is 83.4 Å². The fourth-order valence-electron chi connectivity index (χ4n) is 7.30. The van der Waals surface area contributed by atoms with Crippen LogP contribution in [-0.4, -0.2) is 12.5 Å². The van der Waals surface area contributed by atoms with Crippen LogP contribution in [0, 0.1) is 29.4 Å². The van der Waals surface area contributed by atoms with Gasteiger partial charge in [-0.15, -0.1) is 13.2 Å². The van der Waals surface area contributed by atoms with Gasteiger partial charge in [-0.3, -0.25) is 0 Å². The molecule has 0 bridgehead atoms. The van der Waals surface area contributed by atoms with Crippen molar-refractivity contribution in [3.8, 4) is 22.6 Å². The van der Waals surface area contributed by atoms with Gasteiger partial charge >= 0.3 is 12.5 Å². The van der Waals surface area contributed by atoms with E-state index in [0.29, 0.717) is 36.8 Å². The third-order valence-corrected chi connectivity index (χ3v) is 9.87. The van der Waals surface area contributed by atoms with Gasteiger partial charge in [0.05, 0.1) is 5.92 Å². The number of unbranched alkanes of at least 4 members (excludes halogenated alkanes) is 2. The van der Waals surface area contributed by atoms with Crippen molar-refractivity contribution in [2.45, 2.75) is 102 Å². The van der Waals surface area contributed by atoms with Crippen LogP contribution in [0.3, 0.4) is 0 Å². The maximum absolute atomic E-state index is 15.3. The summed E-state index contributed by atoms with van der Waals surface area (Å²) in [4.78, 5) is 0. The van der Waals surface area contributed by atoms with Gasteiger partial charge < -0.3 is 9.47 Å². The lowest BCUT2D eigenvalue weighted by Crippen LogP contribution is -2.38. The van der Waals surface area contributed by atoms with Crippen LogP contribution in [0.15, 0.2) is 60.7 Å². The average Bonchev–Trinajstić information content (AvgIpc) is 3.02. The van der Waals surface area contributed by atoms with Gasteiger partial charge in [0, 0.05) is 6.07 Å². The largest absolute Gasteiger partial charge is 0.573 e. The second-order valence-corrected chi connectivity index (χ2v) is 12.9. The zero-order valence-corrected chi connectivity index (χ0v) is 26.0. The molecule has 0 aliphatic heterocycles. The first kappa shape index (κ1) is 34.1. The fourth-order valence-corrected chi connectivity index (χ4v) is 7.30. The van der Waals surface area contributed by atoms with Gasteiger partial charge in [-0.25, -0.2) is 8.78 Å². The Balaban J connectivity index is 1.10. The van der Waals surface area contributed by atoms with Gasteiger partial charge in [0.25, 0.3) is 0 Å². The molecule has 0 spiro atoms. The molecule has 3 aromatic carbocycles. The summed E-state index contributed by atoms with van der Waals surface area (Å²) in [7, 11) is 0. The Kier molecular flexibility index (Phi) is 10.9. The van der Waals surface area contributed by atoms with Crippen molar-refractivity contribution < 1.29 is 40.2 Å². The van der Waals surface area contributed by atoms with Gasteiger partial charge in [-0.2, -0.15) is 8.78 Å². The van der Waals surface area contributed by atoms with Crippen LogP contribution in [0.5, 0.6) is 11.5 Å². The van der Waals surface area contributed by atoms with E-state index in [0.717, 1.165) is 54.9 Å². The number of benzene rings is 3. The molecule has 2 aliphatic carbocycles. The quantitative estimate of drug-likeness (QED) is 0.152. The zero-order valence-electron chi connectivity index (χ0n) is 26.0. The van der Waals surface area contributed by atoms with Gasteiger partial charge in [-0.1, -0.05) is 56.2 Å². The SMILES string of the molecule is CCCCCc1ccc(-c2ccc(C3CCC(C4CCC(C(F)(F)Oc5ccc(OC(F)(F)F)c(F)c5)CC4)CC3)c(F)c2)cc1. The molecule has 46 heavy (non-hydrogen) atoms. The Morgan fingerprint density at radius 3 is 1.87 bits per heavy atom. The van der Waals surface area contributed by atoms with Crippen molar-refractivity contribution in [1.82, 2.24) is 0 Å². The highest BCUT2D eigenvalue weighted by atomic mass is 19.4. The molecule has 0 saturated heterocycles. The molecule has 250 valence electrons. The summed E-state index contributed by atoms with van der Waals surface area (Å²) >= 11 is 0. The lowest BCUT2D eigenvalue weighted by atomic mass is 9.68. The maximum atomic E-state index is 15.3. The molecular formula is C37H41F7O2. The number of hydrogen-bond donors (Lipinski definition) is 0. The molecule has 9 heteroatoms. The van der Waals surface area contributed by atoms with Crippen molar-refractivity contribution in [3.63, 3.8) is 0 Å². The van der Waals surface area contributed by atoms with Gasteiger partial charge in [0.2, 0.25) is 0 Å². The minimum absolute atomic E-state index is 0.133. The predicted molar refractivity (Wildman–Crippen MR) is 164 cm³/mol. The van der Waals surface area contributed by atoms with E-state index in [1.165, 1.54) is 24.8 Å². The van der Waals surface area contributed by atoms with Crippen molar-refractivity contribution in [2.75, 3.05) is 0 Å². The van der Waals surface area contributed by atoms with E-state index >= 15 is 4.39 Å². The third kappa shape index (κ3) is 8.77. The second-order valence-electron chi connectivity index (χ2n) is 12.9. The molecule has 5 rings (SSSR count). The molecule has 2 nitrogen and oxygen atoms in total. The van der Waals surface area contributed by atoms with Gasteiger partial charge in [0.1, 0.15) is 11.6 Å². The smallest absolute Gasteiger partial charge is 0.432 e. The van der Waals surface area contributed by atoms with Crippen LogP contribution in [0.4, 0.5) is 30.7 Å². The van der Waals surface area contributed by atoms with E-state index in [1.54, 1.807) is 6.07 Å². The molecule has 2 aliphatic rings. The highest BCUT2D eigenvalue weighted by molar-refractivity contribution is 5.64. The first-order valence-corrected chi connectivity index (χ1v) is 16.4. The summed E-state index contributed by atoms with van der Waals surface area (Å²) in [5.41, 5.74) is 3.91. The van der Waals surface area contributed by atoms with Crippen molar-refractivity contribution in [2.24, 2.45) is 17.8 Å². The minimum Gasteiger partial charge on any atom is -0.432 e. The lowest BCUT2D eigenvalue weighted by Gasteiger charge is -2.39. The number of aryl methyl sites for hydroxylation is 1. The van der Waals surface area contributed by atoms with E-state index < -0.39 is 35.7 Å². The molecule has 2 fully saturated rings. The molecule has 0 radical (unpaired) electrons. The summed E-state index contributed by atoms with van der Waals surface area (Å²) < 4.78 is 105. The summed E-state index contributed by atoms with van der Waals surface area (Å²) in [5.74, 6) is -3.57. The van der Waals surface area contributed by atoms with E-state index in [-0.39, 0.29) is 24.6 Å². The molecule has 0 amide bonds. The molecule has 2 saturated carbocycles. The lowest BCUT2D eigenvalue weighted by molar-refractivity contribution is -0.275. The van der Waals surface area contributed by atoms with Crippen molar-refractivity contribution in [1.29, 1.82) is 0 Å². The topological polar surface area (TPSA) is 18.5 Å². The molecule has 0 atom stereocenters. The molecule has 0 aromatic heterocycles. The molecule has 0 N–H and O–H groups in total. The fraction of sp³-hybridized carbons (Fsp3) is 0.514. The van der Waals surface area contributed by atoms with E-state index in [9.17, 15) is 26.3 Å². The normalized spacial score (nSPS) is 22.4. The molecule has 3 aromatic rings. The monoisotopic (exact) mass is 650 g/mol. The number of halogens is 7. The van der Waals surface area contributed by atoms with E-state index in [4.69, 9.17) is 4.74 Å². The minimum atomic E-state index is -5.10. The van der Waals surface area contributed by atoms with Crippen LogP contribution in [-0.2, 0) is 6.42 Å². The highest BCUT2D eigenvalue weighted by Crippen LogP contribution is 2.47. The van der Waals surface area contributed by atoms with Crippen LogP contribution >= 0.6 is 0 Å². The van der Waals surface area contributed by atoms with Gasteiger partial charge in [0.15, 0.2) is 11.6 Å². The van der Waals surface area contributed by atoms with Crippen molar-refractivity contribution >= 4 is 0 Å². The zero-order chi connectivity index (χ0) is 32.9. The summed E-state index contributed by atoms with van der Waals surface area (Å²) in [6.45, 7) is 2.19. The highest BCUT2D eigenvalue weighted by Gasteiger charge is 2.45. The summed E-state index contributed by atoms with van der Waals surface area (Å²) in [6, 6.07) is 15.9.